The van der Waals surface area contributed by atoms with Gasteiger partial charge in [0.1, 0.15) is 17.0 Å². The minimum atomic E-state index is -4.28. The van der Waals surface area contributed by atoms with Crippen molar-refractivity contribution < 1.29 is 22.3 Å². The van der Waals surface area contributed by atoms with Crippen LogP contribution in [0.2, 0.25) is 0 Å². The van der Waals surface area contributed by atoms with Gasteiger partial charge < -0.3 is 14.2 Å². The SMILES string of the molecule is CCN1/C(=C/C=C2\CC(C)CC(/C=C/c3sc4ccccc4[n+]3CC)=C2OCCCS(=O)(=O)[O-])Sc2ccccc21. The lowest BCUT2D eigenvalue weighted by molar-refractivity contribution is -0.665. The van der Waals surface area contributed by atoms with E-state index in [2.05, 4.69) is 103 Å². The second-order valence-electron chi connectivity index (χ2n) is 10.3. The first-order chi connectivity index (χ1) is 19.8. The Hall–Kier alpha value is -2.85. The Morgan fingerprint density at radius 2 is 1.85 bits per heavy atom. The normalized spacial score (nSPS) is 19.7. The Labute approximate surface area is 251 Å². The quantitative estimate of drug-likeness (QED) is 0.137. The zero-order chi connectivity index (χ0) is 29.0. The lowest BCUT2D eigenvalue weighted by atomic mass is 9.85. The van der Waals surface area contributed by atoms with Crippen molar-refractivity contribution in [1.29, 1.82) is 0 Å². The van der Waals surface area contributed by atoms with Crippen LogP contribution in [0.4, 0.5) is 5.69 Å². The maximum Gasteiger partial charge on any atom is 0.262 e. The monoisotopic (exact) mass is 608 g/mol. The molecule has 0 spiro atoms. The van der Waals surface area contributed by atoms with Crippen molar-refractivity contribution in [2.75, 3.05) is 23.8 Å². The maximum absolute atomic E-state index is 11.2. The number of anilines is 1. The smallest absolute Gasteiger partial charge is 0.262 e. The molecule has 5 rings (SSSR count). The number of aryl methyl sites for hydroxylation is 1. The third-order valence-corrected chi connectivity index (χ3v) is 10.3. The predicted octanol–water partition coefficient (Wildman–Crippen LogP) is 7.26. The first kappa shape index (κ1) is 29.6. The van der Waals surface area contributed by atoms with Crippen molar-refractivity contribution in [2.24, 2.45) is 5.92 Å². The van der Waals surface area contributed by atoms with Crippen molar-refractivity contribution in [3.63, 3.8) is 0 Å². The fourth-order valence-corrected chi connectivity index (χ4v) is 8.18. The van der Waals surface area contributed by atoms with E-state index in [1.807, 2.05) is 0 Å². The number of allylic oxidation sites excluding steroid dienone is 5. The molecule has 2 aliphatic rings. The Kier molecular flexibility index (Phi) is 9.38. The summed E-state index contributed by atoms with van der Waals surface area (Å²) in [6.07, 6.45) is 10.5. The molecule has 0 amide bonds. The molecular weight excluding hydrogens is 573 g/mol. The summed E-state index contributed by atoms with van der Waals surface area (Å²) in [7, 11) is -4.28. The molecule has 0 fully saturated rings. The predicted molar refractivity (Wildman–Crippen MR) is 169 cm³/mol. The van der Waals surface area contributed by atoms with E-state index in [-0.39, 0.29) is 13.0 Å². The maximum atomic E-state index is 11.2. The van der Waals surface area contributed by atoms with E-state index in [9.17, 15) is 13.0 Å². The van der Waals surface area contributed by atoms with Crippen LogP contribution < -0.4 is 9.47 Å². The molecule has 0 bridgehead atoms. The highest BCUT2D eigenvalue weighted by Crippen LogP contribution is 2.46. The number of hydrogen-bond acceptors (Lipinski definition) is 7. The summed E-state index contributed by atoms with van der Waals surface area (Å²) in [5, 5.41) is 2.34. The summed E-state index contributed by atoms with van der Waals surface area (Å²) in [5.41, 5.74) is 4.63. The van der Waals surface area contributed by atoms with E-state index in [0.29, 0.717) is 5.92 Å². The molecule has 216 valence electrons. The number of fused-ring (bicyclic) bond motifs is 2. The highest BCUT2D eigenvalue weighted by Gasteiger charge is 2.25. The van der Waals surface area contributed by atoms with Gasteiger partial charge in [-0.1, -0.05) is 60.4 Å². The number of thiazole rings is 1. The second kappa shape index (κ2) is 13.0. The van der Waals surface area contributed by atoms with Crippen molar-refractivity contribution >= 4 is 55.2 Å². The molecule has 41 heavy (non-hydrogen) atoms. The molecule has 2 aromatic carbocycles. The highest BCUT2D eigenvalue weighted by molar-refractivity contribution is 8.03. The van der Waals surface area contributed by atoms with Gasteiger partial charge in [0.15, 0.2) is 0 Å². The summed E-state index contributed by atoms with van der Waals surface area (Å²) in [5.74, 6) is 0.793. The van der Waals surface area contributed by atoms with E-state index in [1.54, 1.807) is 23.1 Å². The van der Waals surface area contributed by atoms with Gasteiger partial charge in [0, 0.05) is 29.3 Å². The molecule has 0 N–H and O–H groups in total. The van der Waals surface area contributed by atoms with Crippen LogP contribution in [-0.2, 0) is 21.4 Å². The number of thioether (sulfide) groups is 1. The Morgan fingerprint density at radius 1 is 1.07 bits per heavy atom. The molecule has 1 aromatic heterocycles. The number of aromatic nitrogens is 1. The zero-order valence-corrected chi connectivity index (χ0v) is 26.2. The van der Waals surface area contributed by atoms with Gasteiger partial charge in [0.05, 0.1) is 27.4 Å². The molecule has 0 saturated carbocycles. The van der Waals surface area contributed by atoms with Crippen molar-refractivity contribution in [2.45, 2.75) is 51.5 Å². The number of ether oxygens (including phenoxy) is 1. The lowest BCUT2D eigenvalue weighted by Crippen LogP contribution is -2.33. The van der Waals surface area contributed by atoms with Gasteiger partial charge in [-0.25, -0.2) is 8.42 Å². The largest absolute Gasteiger partial charge is 0.748 e. The summed E-state index contributed by atoms with van der Waals surface area (Å²) >= 11 is 3.53. The molecule has 9 heteroatoms. The second-order valence-corrected chi connectivity index (χ2v) is 14.0. The van der Waals surface area contributed by atoms with Crippen LogP contribution in [0.25, 0.3) is 16.3 Å². The number of nitrogens with zero attached hydrogens (tertiary/aromatic N) is 2. The summed E-state index contributed by atoms with van der Waals surface area (Å²) in [6.45, 7) is 8.49. The first-order valence-electron chi connectivity index (χ1n) is 14.1. The van der Waals surface area contributed by atoms with Gasteiger partial charge in [-0.05, 0) is 80.5 Å². The highest BCUT2D eigenvalue weighted by atomic mass is 32.2. The van der Waals surface area contributed by atoms with Gasteiger partial charge in [-0.3, -0.25) is 0 Å². The number of benzene rings is 2. The summed E-state index contributed by atoms with van der Waals surface area (Å²) < 4.78 is 43.4. The third kappa shape index (κ3) is 6.97. The van der Waals surface area contributed by atoms with Crippen LogP contribution in [-0.4, -0.2) is 31.9 Å². The first-order valence-corrected chi connectivity index (χ1v) is 17.3. The van der Waals surface area contributed by atoms with Crippen LogP contribution in [0.1, 0.15) is 45.0 Å². The van der Waals surface area contributed by atoms with E-state index in [0.717, 1.165) is 42.8 Å². The molecular formula is C32H36N2O4S3. The van der Waals surface area contributed by atoms with Gasteiger partial charge in [-0.2, -0.15) is 4.57 Å². The number of rotatable bonds is 10. The van der Waals surface area contributed by atoms with Crippen LogP contribution in [0.3, 0.4) is 0 Å². The van der Waals surface area contributed by atoms with Crippen LogP contribution in [0.5, 0.6) is 0 Å². The van der Waals surface area contributed by atoms with E-state index < -0.39 is 15.9 Å². The van der Waals surface area contributed by atoms with Crippen molar-refractivity contribution in [1.82, 2.24) is 0 Å². The van der Waals surface area contributed by atoms with Crippen molar-refractivity contribution in [3.05, 3.63) is 93.7 Å². The Balaban J connectivity index is 1.50. The third-order valence-electron chi connectivity index (χ3n) is 7.26. The van der Waals surface area contributed by atoms with Crippen LogP contribution >= 0.6 is 23.1 Å². The minimum absolute atomic E-state index is 0.164. The molecule has 1 aliphatic carbocycles. The average Bonchev–Trinajstić information content (AvgIpc) is 3.50. The average molecular weight is 609 g/mol. The lowest BCUT2D eigenvalue weighted by Gasteiger charge is -2.26. The number of para-hydroxylation sites is 2. The fourth-order valence-electron chi connectivity index (χ4n) is 5.45. The molecule has 0 radical (unpaired) electrons. The van der Waals surface area contributed by atoms with Crippen LogP contribution in [0.15, 0.2) is 93.6 Å². The molecule has 0 saturated heterocycles. The molecule has 1 unspecified atom stereocenters. The Bertz CT molecular complexity index is 1650. The summed E-state index contributed by atoms with van der Waals surface area (Å²) in [4.78, 5) is 3.57. The van der Waals surface area contributed by atoms with Crippen molar-refractivity contribution in [3.8, 4) is 0 Å². The molecule has 1 aliphatic heterocycles. The van der Waals surface area contributed by atoms with E-state index >= 15 is 0 Å². The molecule has 3 aromatic rings. The fraction of sp³-hybridized carbons (Fsp3) is 0.344. The van der Waals surface area contributed by atoms with Gasteiger partial charge >= 0.3 is 0 Å². The van der Waals surface area contributed by atoms with E-state index in [4.69, 9.17) is 4.74 Å². The van der Waals surface area contributed by atoms with Gasteiger partial charge in [-0.15, -0.1) is 0 Å². The molecule has 2 heterocycles. The Morgan fingerprint density at radius 3 is 2.63 bits per heavy atom. The van der Waals surface area contributed by atoms with Gasteiger partial charge in [0.25, 0.3) is 5.01 Å². The van der Waals surface area contributed by atoms with E-state index in [1.165, 1.54) is 30.8 Å². The minimum Gasteiger partial charge on any atom is -0.748 e. The topological polar surface area (TPSA) is 73.5 Å². The number of hydrogen-bond donors (Lipinski definition) is 0. The van der Waals surface area contributed by atoms with Crippen LogP contribution in [0, 0.1) is 5.92 Å². The molecule has 1 atom stereocenters. The van der Waals surface area contributed by atoms with Gasteiger partial charge in [0.2, 0.25) is 5.52 Å². The zero-order valence-electron chi connectivity index (χ0n) is 23.7. The summed E-state index contributed by atoms with van der Waals surface area (Å²) in [6, 6.07) is 16.9. The molecule has 6 nitrogen and oxygen atoms in total. The standard InChI is InChI=1S/C32H36N2O4S3/c1-4-33-26-11-6-8-13-28(26)39-30(33)17-15-24-21-23(3)22-25(32(24)38-19-10-20-41(35,36)37)16-18-31-34(5-2)27-12-7-9-14-29(27)40-31/h6-9,11-18,23H,4-5,10,19-22H2,1-3H3.